The lowest BCUT2D eigenvalue weighted by Crippen LogP contribution is -2.15. The average Bonchev–Trinajstić information content (AvgIpc) is 2.76. The third-order valence-corrected chi connectivity index (χ3v) is 2.74. The number of hydrogen-bond donors (Lipinski definition) is 1. The Balaban J connectivity index is 1.99. The second-order valence-electron chi connectivity index (χ2n) is 3.71. The summed E-state index contributed by atoms with van der Waals surface area (Å²) in [5.74, 6) is 2.02. The normalized spacial score (nSPS) is 22.4. The minimum atomic E-state index is 0.805. The summed E-state index contributed by atoms with van der Waals surface area (Å²) in [5, 5.41) is 3.39. The zero-order chi connectivity index (χ0) is 9.10. The van der Waals surface area contributed by atoms with Gasteiger partial charge in [-0.3, -0.25) is 0 Å². The fraction of sp³-hybridized carbons (Fsp3) is 0.700. The smallest absolute Gasteiger partial charge is 0.108 e. The van der Waals surface area contributed by atoms with Crippen molar-refractivity contribution in [3.63, 3.8) is 0 Å². The standard InChI is InChI=1S/C10H17N3/c1-2-10-12-5-6-13(10)8-9-3-4-11-7-9/h5-6,9,11H,2-4,7-8H2,1H3. The van der Waals surface area contributed by atoms with Gasteiger partial charge in [-0.05, 0) is 25.4 Å². The van der Waals surface area contributed by atoms with Crippen molar-refractivity contribution in [3.05, 3.63) is 18.2 Å². The van der Waals surface area contributed by atoms with Crippen LogP contribution in [0.4, 0.5) is 0 Å². The molecule has 1 N–H and O–H groups in total. The molecule has 1 aliphatic heterocycles. The molecule has 1 unspecified atom stereocenters. The van der Waals surface area contributed by atoms with Gasteiger partial charge in [0.05, 0.1) is 0 Å². The minimum absolute atomic E-state index is 0.805. The van der Waals surface area contributed by atoms with Gasteiger partial charge in [-0.25, -0.2) is 4.98 Å². The van der Waals surface area contributed by atoms with E-state index in [0.717, 1.165) is 18.9 Å². The van der Waals surface area contributed by atoms with Crippen molar-refractivity contribution in [3.8, 4) is 0 Å². The van der Waals surface area contributed by atoms with Gasteiger partial charge in [0.15, 0.2) is 0 Å². The molecule has 0 amide bonds. The first-order chi connectivity index (χ1) is 6.40. The van der Waals surface area contributed by atoms with Crippen molar-refractivity contribution in [1.82, 2.24) is 14.9 Å². The monoisotopic (exact) mass is 179 g/mol. The molecule has 1 aliphatic rings. The lowest BCUT2D eigenvalue weighted by molar-refractivity contribution is 0.470. The van der Waals surface area contributed by atoms with Gasteiger partial charge in [0, 0.05) is 25.4 Å². The predicted octanol–water partition coefficient (Wildman–Crippen LogP) is 1.05. The summed E-state index contributed by atoms with van der Waals surface area (Å²) < 4.78 is 2.29. The Labute approximate surface area is 79.2 Å². The number of hydrogen-bond acceptors (Lipinski definition) is 2. The Morgan fingerprint density at radius 3 is 3.31 bits per heavy atom. The predicted molar refractivity (Wildman–Crippen MR) is 52.6 cm³/mol. The van der Waals surface area contributed by atoms with Crippen LogP contribution in [-0.4, -0.2) is 22.6 Å². The van der Waals surface area contributed by atoms with Gasteiger partial charge < -0.3 is 9.88 Å². The Kier molecular flexibility index (Phi) is 2.64. The molecular formula is C10H17N3. The molecule has 1 aromatic rings. The van der Waals surface area contributed by atoms with Gasteiger partial charge in [-0.15, -0.1) is 0 Å². The summed E-state index contributed by atoms with van der Waals surface area (Å²) in [6, 6.07) is 0. The summed E-state index contributed by atoms with van der Waals surface area (Å²) in [7, 11) is 0. The van der Waals surface area contributed by atoms with Gasteiger partial charge in [0.1, 0.15) is 5.82 Å². The van der Waals surface area contributed by atoms with E-state index in [1.807, 2.05) is 6.20 Å². The van der Waals surface area contributed by atoms with Gasteiger partial charge in [-0.1, -0.05) is 6.92 Å². The average molecular weight is 179 g/mol. The first-order valence-electron chi connectivity index (χ1n) is 5.11. The summed E-state index contributed by atoms with van der Waals surface area (Å²) in [4.78, 5) is 4.32. The first-order valence-corrected chi connectivity index (χ1v) is 5.11. The molecule has 2 rings (SSSR count). The summed E-state index contributed by atoms with van der Waals surface area (Å²) in [6.45, 7) is 5.64. The number of nitrogens with one attached hydrogen (secondary N) is 1. The van der Waals surface area contributed by atoms with Gasteiger partial charge in [-0.2, -0.15) is 0 Å². The van der Waals surface area contributed by atoms with E-state index in [0.29, 0.717) is 0 Å². The molecule has 1 fully saturated rings. The van der Waals surface area contributed by atoms with E-state index in [9.17, 15) is 0 Å². The molecule has 0 bridgehead atoms. The number of aryl methyl sites for hydroxylation is 1. The van der Waals surface area contributed by atoms with E-state index >= 15 is 0 Å². The maximum absolute atomic E-state index is 4.32. The SMILES string of the molecule is CCc1nccn1CC1CCNC1. The molecule has 3 heteroatoms. The van der Waals surface area contributed by atoms with Crippen molar-refractivity contribution in [1.29, 1.82) is 0 Å². The van der Waals surface area contributed by atoms with E-state index in [4.69, 9.17) is 0 Å². The van der Waals surface area contributed by atoms with Crippen LogP contribution < -0.4 is 5.32 Å². The summed E-state index contributed by atoms with van der Waals surface area (Å²) >= 11 is 0. The van der Waals surface area contributed by atoms with Crippen molar-refractivity contribution >= 4 is 0 Å². The number of nitrogens with zero attached hydrogens (tertiary/aromatic N) is 2. The van der Waals surface area contributed by atoms with Crippen molar-refractivity contribution in [2.75, 3.05) is 13.1 Å². The van der Waals surface area contributed by atoms with E-state index in [1.165, 1.54) is 25.3 Å². The number of aromatic nitrogens is 2. The molecule has 1 saturated heterocycles. The van der Waals surface area contributed by atoms with Crippen LogP contribution in [0.25, 0.3) is 0 Å². The van der Waals surface area contributed by atoms with E-state index in [2.05, 4.69) is 28.0 Å². The molecule has 2 heterocycles. The second kappa shape index (κ2) is 3.92. The summed E-state index contributed by atoms with van der Waals surface area (Å²) in [6.07, 6.45) is 6.34. The maximum Gasteiger partial charge on any atom is 0.108 e. The van der Waals surface area contributed by atoms with Gasteiger partial charge in [0.2, 0.25) is 0 Å². The molecule has 0 aliphatic carbocycles. The largest absolute Gasteiger partial charge is 0.335 e. The third kappa shape index (κ3) is 1.91. The maximum atomic E-state index is 4.32. The minimum Gasteiger partial charge on any atom is -0.335 e. The van der Waals surface area contributed by atoms with Gasteiger partial charge >= 0.3 is 0 Å². The fourth-order valence-corrected chi connectivity index (χ4v) is 1.97. The third-order valence-electron chi connectivity index (χ3n) is 2.74. The van der Waals surface area contributed by atoms with Crippen molar-refractivity contribution in [2.24, 2.45) is 5.92 Å². The Bertz CT molecular complexity index is 261. The quantitative estimate of drug-likeness (QED) is 0.751. The molecule has 0 aromatic carbocycles. The Morgan fingerprint density at radius 1 is 1.69 bits per heavy atom. The first kappa shape index (κ1) is 8.75. The molecule has 72 valence electrons. The highest BCUT2D eigenvalue weighted by molar-refractivity contribution is 4.92. The van der Waals surface area contributed by atoms with Crippen molar-refractivity contribution in [2.45, 2.75) is 26.3 Å². The number of rotatable bonds is 3. The van der Waals surface area contributed by atoms with Gasteiger partial charge in [0.25, 0.3) is 0 Å². The van der Waals surface area contributed by atoms with Crippen LogP contribution in [0.3, 0.4) is 0 Å². The molecule has 3 nitrogen and oxygen atoms in total. The second-order valence-corrected chi connectivity index (χ2v) is 3.71. The molecule has 13 heavy (non-hydrogen) atoms. The topological polar surface area (TPSA) is 29.9 Å². The van der Waals surface area contributed by atoms with Crippen LogP contribution in [0.2, 0.25) is 0 Å². The van der Waals surface area contributed by atoms with E-state index in [-0.39, 0.29) is 0 Å². The van der Waals surface area contributed by atoms with Crippen LogP contribution in [0.5, 0.6) is 0 Å². The zero-order valence-corrected chi connectivity index (χ0v) is 8.16. The fourth-order valence-electron chi connectivity index (χ4n) is 1.97. The Morgan fingerprint density at radius 2 is 2.62 bits per heavy atom. The van der Waals surface area contributed by atoms with Crippen LogP contribution in [-0.2, 0) is 13.0 Å². The van der Waals surface area contributed by atoms with Crippen molar-refractivity contribution < 1.29 is 0 Å². The summed E-state index contributed by atoms with van der Waals surface area (Å²) in [5.41, 5.74) is 0. The molecule has 1 atom stereocenters. The molecule has 0 radical (unpaired) electrons. The van der Waals surface area contributed by atoms with Crippen LogP contribution in [0.15, 0.2) is 12.4 Å². The highest BCUT2D eigenvalue weighted by Crippen LogP contribution is 2.11. The van der Waals surface area contributed by atoms with Crippen LogP contribution in [0.1, 0.15) is 19.2 Å². The highest BCUT2D eigenvalue weighted by Gasteiger charge is 2.15. The molecule has 1 aromatic heterocycles. The zero-order valence-electron chi connectivity index (χ0n) is 8.16. The molecular weight excluding hydrogens is 162 g/mol. The highest BCUT2D eigenvalue weighted by atomic mass is 15.1. The van der Waals surface area contributed by atoms with Crippen LogP contribution >= 0.6 is 0 Å². The Hall–Kier alpha value is -0.830. The lowest BCUT2D eigenvalue weighted by Gasteiger charge is -2.11. The van der Waals surface area contributed by atoms with E-state index < -0.39 is 0 Å². The molecule has 0 spiro atoms. The number of imidazole rings is 1. The van der Waals surface area contributed by atoms with E-state index in [1.54, 1.807) is 0 Å². The lowest BCUT2D eigenvalue weighted by atomic mass is 10.1. The van der Waals surface area contributed by atoms with Crippen LogP contribution in [0, 0.1) is 5.92 Å². The molecule has 0 saturated carbocycles.